The molecule has 1 aliphatic carbocycles. The first-order valence-electron chi connectivity index (χ1n) is 9.34. The Balaban J connectivity index is 1.86. The summed E-state index contributed by atoms with van der Waals surface area (Å²) in [5.74, 6) is -0.296. The lowest BCUT2D eigenvalue weighted by Crippen LogP contribution is -2.20. The monoisotopic (exact) mass is 456 g/mol. The van der Waals surface area contributed by atoms with Gasteiger partial charge in [-0.15, -0.1) is 11.3 Å². The smallest absolute Gasteiger partial charge is 0.341 e. The number of thiocarbonyl (C=S) groups is 1. The van der Waals surface area contributed by atoms with Crippen LogP contribution < -0.4 is 10.6 Å². The molecular weight excluding hydrogens is 435 g/mol. The molecule has 0 radical (unpaired) electrons. The van der Waals surface area contributed by atoms with Crippen LogP contribution in [0.4, 0.5) is 10.7 Å². The van der Waals surface area contributed by atoms with Gasteiger partial charge in [-0.3, -0.25) is 0 Å². The molecule has 8 heteroatoms. The Morgan fingerprint density at radius 3 is 2.64 bits per heavy atom. The average Bonchev–Trinajstić information content (AvgIpc) is 2.94. The van der Waals surface area contributed by atoms with Crippen LogP contribution >= 0.6 is 46.8 Å². The molecule has 1 aromatic heterocycles. The third-order valence-corrected chi connectivity index (χ3v) is 6.52. The first-order chi connectivity index (χ1) is 13.5. The molecule has 0 saturated heterocycles. The molecule has 0 aliphatic heterocycles. The van der Waals surface area contributed by atoms with E-state index in [9.17, 15) is 4.79 Å². The largest absolute Gasteiger partial charge is 0.462 e. The molecule has 150 valence electrons. The summed E-state index contributed by atoms with van der Waals surface area (Å²) < 4.78 is 5.33. The maximum atomic E-state index is 12.7. The van der Waals surface area contributed by atoms with Crippen LogP contribution in [0.5, 0.6) is 0 Å². The molecule has 3 rings (SSSR count). The highest BCUT2D eigenvalue weighted by molar-refractivity contribution is 7.80. The standard InChI is InChI=1S/C20H22Cl2N2O2S2/c1-2-26-19(25)17-13-7-5-3-4-6-8-16(13)28-18(17)24-20(27)23-15-10-9-12(21)11-14(15)22/h9-11H,2-8H2,1H3,(H2,23,24,27). The van der Waals surface area contributed by atoms with E-state index in [1.165, 1.54) is 17.7 Å². The molecule has 0 saturated carbocycles. The van der Waals surface area contributed by atoms with Crippen molar-refractivity contribution in [2.45, 2.75) is 45.4 Å². The molecule has 0 atom stereocenters. The van der Waals surface area contributed by atoms with Crippen molar-refractivity contribution in [3.8, 4) is 0 Å². The number of nitrogens with one attached hydrogen (secondary N) is 2. The molecule has 2 aromatic rings. The third kappa shape index (κ3) is 5.17. The number of anilines is 2. The fourth-order valence-corrected chi connectivity index (χ4v) is 5.29. The van der Waals surface area contributed by atoms with Gasteiger partial charge < -0.3 is 15.4 Å². The number of hydrogen-bond acceptors (Lipinski definition) is 4. The normalized spacial score (nSPS) is 13.8. The molecule has 0 unspecified atom stereocenters. The maximum Gasteiger partial charge on any atom is 0.341 e. The topological polar surface area (TPSA) is 50.4 Å². The van der Waals surface area contributed by atoms with Crippen LogP contribution in [0.2, 0.25) is 10.0 Å². The van der Waals surface area contributed by atoms with Gasteiger partial charge in [-0.1, -0.05) is 36.0 Å². The Labute approximate surface area is 184 Å². The second kappa shape index (κ2) is 9.92. The van der Waals surface area contributed by atoms with Crippen LogP contribution in [0.3, 0.4) is 0 Å². The van der Waals surface area contributed by atoms with E-state index in [1.807, 2.05) is 6.92 Å². The van der Waals surface area contributed by atoms with Crippen molar-refractivity contribution in [3.05, 3.63) is 44.2 Å². The highest BCUT2D eigenvalue weighted by Gasteiger charge is 2.25. The summed E-state index contributed by atoms with van der Waals surface area (Å²) in [6.45, 7) is 2.15. The van der Waals surface area contributed by atoms with Gasteiger partial charge in [0.15, 0.2) is 5.11 Å². The van der Waals surface area contributed by atoms with E-state index in [0.29, 0.717) is 33.0 Å². The van der Waals surface area contributed by atoms with Gasteiger partial charge in [0.25, 0.3) is 0 Å². The zero-order valence-electron chi connectivity index (χ0n) is 15.6. The minimum Gasteiger partial charge on any atom is -0.462 e. The van der Waals surface area contributed by atoms with E-state index in [0.717, 1.165) is 36.2 Å². The van der Waals surface area contributed by atoms with Crippen LogP contribution in [-0.2, 0) is 17.6 Å². The van der Waals surface area contributed by atoms with Gasteiger partial charge in [0, 0.05) is 9.90 Å². The molecule has 1 aromatic carbocycles. The van der Waals surface area contributed by atoms with E-state index < -0.39 is 0 Å². The molecule has 0 bridgehead atoms. The highest BCUT2D eigenvalue weighted by Crippen LogP contribution is 2.38. The number of hydrogen-bond donors (Lipinski definition) is 2. The van der Waals surface area contributed by atoms with Crippen LogP contribution in [0.25, 0.3) is 0 Å². The second-order valence-corrected chi connectivity index (χ2v) is 8.90. The van der Waals surface area contributed by atoms with Crippen LogP contribution in [0.15, 0.2) is 18.2 Å². The van der Waals surface area contributed by atoms with Gasteiger partial charge in [-0.2, -0.15) is 0 Å². The number of ether oxygens (including phenoxy) is 1. The summed E-state index contributed by atoms with van der Waals surface area (Å²) in [5.41, 5.74) is 2.38. The Morgan fingerprint density at radius 2 is 1.93 bits per heavy atom. The lowest BCUT2D eigenvalue weighted by molar-refractivity contribution is 0.0526. The number of halogens is 2. The highest BCUT2D eigenvalue weighted by atomic mass is 35.5. The molecule has 28 heavy (non-hydrogen) atoms. The number of rotatable bonds is 4. The number of benzene rings is 1. The van der Waals surface area contributed by atoms with Crippen molar-refractivity contribution < 1.29 is 9.53 Å². The Hall–Kier alpha value is -1.34. The molecule has 0 spiro atoms. The van der Waals surface area contributed by atoms with Gasteiger partial charge in [0.1, 0.15) is 5.00 Å². The Morgan fingerprint density at radius 1 is 1.18 bits per heavy atom. The van der Waals surface area contributed by atoms with E-state index in [4.69, 9.17) is 40.2 Å². The first kappa shape index (κ1) is 21.4. The van der Waals surface area contributed by atoms with Crippen molar-refractivity contribution in [1.29, 1.82) is 0 Å². The number of thiophene rings is 1. The van der Waals surface area contributed by atoms with Crippen molar-refractivity contribution in [3.63, 3.8) is 0 Å². The minimum atomic E-state index is -0.296. The number of aryl methyl sites for hydroxylation is 1. The Kier molecular flexibility index (Phi) is 7.57. The number of fused-ring (bicyclic) bond motifs is 1. The van der Waals surface area contributed by atoms with Crippen LogP contribution in [0.1, 0.15) is 53.4 Å². The number of esters is 1. The van der Waals surface area contributed by atoms with Crippen molar-refractivity contribution in [2.24, 2.45) is 0 Å². The fraction of sp³-hybridized carbons (Fsp3) is 0.400. The zero-order chi connectivity index (χ0) is 20.1. The average molecular weight is 457 g/mol. The third-order valence-electron chi connectivity index (χ3n) is 4.56. The summed E-state index contributed by atoms with van der Waals surface area (Å²) in [6.07, 6.45) is 6.51. The summed E-state index contributed by atoms with van der Waals surface area (Å²) in [4.78, 5) is 13.9. The zero-order valence-corrected chi connectivity index (χ0v) is 18.7. The quantitative estimate of drug-likeness (QED) is 0.395. The van der Waals surface area contributed by atoms with Crippen molar-refractivity contribution >= 4 is 68.5 Å². The van der Waals surface area contributed by atoms with E-state index in [2.05, 4.69) is 10.6 Å². The number of carbonyl (C=O) groups is 1. The lowest BCUT2D eigenvalue weighted by atomic mass is 9.96. The maximum absolute atomic E-state index is 12.7. The molecule has 0 fully saturated rings. The van der Waals surface area contributed by atoms with Gasteiger partial charge in [0.2, 0.25) is 0 Å². The fourth-order valence-electron chi connectivity index (χ4n) is 3.27. The van der Waals surface area contributed by atoms with Crippen LogP contribution in [0, 0.1) is 0 Å². The second-order valence-electron chi connectivity index (χ2n) is 6.55. The molecule has 0 amide bonds. The van der Waals surface area contributed by atoms with E-state index in [1.54, 1.807) is 29.5 Å². The first-order valence-corrected chi connectivity index (χ1v) is 11.3. The predicted molar refractivity (Wildman–Crippen MR) is 122 cm³/mol. The molecular formula is C20H22Cl2N2O2S2. The predicted octanol–water partition coefficient (Wildman–Crippen LogP) is 6.70. The summed E-state index contributed by atoms with van der Waals surface area (Å²) >= 11 is 19.2. The molecule has 4 nitrogen and oxygen atoms in total. The number of carbonyl (C=O) groups excluding carboxylic acids is 1. The summed E-state index contributed by atoms with van der Waals surface area (Å²) in [5, 5.41) is 8.38. The minimum absolute atomic E-state index is 0.296. The van der Waals surface area contributed by atoms with Crippen LogP contribution in [-0.4, -0.2) is 17.7 Å². The van der Waals surface area contributed by atoms with Gasteiger partial charge in [0.05, 0.1) is 22.9 Å². The summed E-state index contributed by atoms with van der Waals surface area (Å²) in [7, 11) is 0. The van der Waals surface area contributed by atoms with Crippen molar-refractivity contribution in [2.75, 3.05) is 17.2 Å². The van der Waals surface area contributed by atoms with Gasteiger partial charge in [-0.25, -0.2) is 4.79 Å². The SMILES string of the molecule is CCOC(=O)c1c(NC(=S)Nc2ccc(Cl)cc2Cl)sc2c1CCCCCC2. The van der Waals surface area contributed by atoms with Gasteiger partial charge in [-0.05, 0) is 68.6 Å². The van der Waals surface area contributed by atoms with E-state index in [-0.39, 0.29) is 5.97 Å². The summed E-state index contributed by atoms with van der Waals surface area (Å²) in [6, 6.07) is 5.15. The van der Waals surface area contributed by atoms with Crippen molar-refractivity contribution in [1.82, 2.24) is 0 Å². The Bertz CT molecular complexity index is 883. The molecule has 1 aliphatic rings. The lowest BCUT2D eigenvalue weighted by Gasteiger charge is -2.13. The molecule has 1 heterocycles. The molecule has 2 N–H and O–H groups in total. The van der Waals surface area contributed by atoms with Gasteiger partial charge >= 0.3 is 5.97 Å². The van der Waals surface area contributed by atoms with E-state index >= 15 is 0 Å².